The lowest BCUT2D eigenvalue weighted by atomic mass is 9.91. The standard InChI is InChI=1S/C17H21FN2O.ClH/c18-14-4-2-1-3-12(14)17(5-6-17)20-15(21)13-11-16(13)7-9-19-10-8-16;/h1-4,13,19H,5-11H2,(H,20,21);1H. The zero-order valence-corrected chi connectivity index (χ0v) is 13.3. The Morgan fingerprint density at radius 1 is 1.18 bits per heavy atom. The highest BCUT2D eigenvalue weighted by molar-refractivity contribution is 5.85. The minimum absolute atomic E-state index is 0. The Labute approximate surface area is 136 Å². The predicted molar refractivity (Wildman–Crippen MR) is 85.3 cm³/mol. The van der Waals surface area contributed by atoms with E-state index in [4.69, 9.17) is 0 Å². The molecular formula is C17H22ClFN2O. The van der Waals surface area contributed by atoms with E-state index in [1.165, 1.54) is 6.07 Å². The second-order valence-electron chi connectivity index (χ2n) is 6.92. The summed E-state index contributed by atoms with van der Waals surface area (Å²) >= 11 is 0. The smallest absolute Gasteiger partial charge is 0.224 e. The van der Waals surface area contributed by atoms with Crippen LogP contribution in [0.5, 0.6) is 0 Å². The first kappa shape index (κ1) is 15.8. The molecule has 1 saturated heterocycles. The Morgan fingerprint density at radius 2 is 1.86 bits per heavy atom. The molecule has 1 spiro atoms. The maximum atomic E-state index is 14.0. The molecule has 2 N–H and O–H groups in total. The maximum Gasteiger partial charge on any atom is 0.224 e. The lowest BCUT2D eigenvalue weighted by Crippen LogP contribution is -2.39. The fourth-order valence-electron chi connectivity index (χ4n) is 3.95. The van der Waals surface area contributed by atoms with Gasteiger partial charge >= 0.3 is 0 Å². The molecule has 1 aliphatic heterocycles. The summed E-state index contributed by atoms with van der Waals surface area (Å²) in [7, 11) is 0. The second kappa shape index (κ2) is 5.50. The molecule has 5 heteroatoms. The summed E-state index contributed by atoms with van der Waals surface area (Å²) in [5, 5.41) is 6.51. The van der Waals surface area contributed by atoms with Gasteiger partial charge in [0.1, 0.15) is 5.82 Å². The van der Waals surface area contributed by atoms with Crippen LogP contribution in [-0.4, -0.2) is 19.0 Å². The first-order valence-corrected chi connectivity index (χ1v) is 7.93. The molecule has 1 aromatic carbocycles. The average molecular weight is 325 g/mol. The summed E-state index contributed by atoms with van der Waals surface area (Å²) in [6.07, 6.45) is 4.89. The van der Waals surface area contributed by atoms with Crippen LogP contribution < -0.4 is 10.6 Å². The highest BCUT2D eigenvalue weighted by Gasteiger charge is 2.59. The van der Waals surface area contributed by atoms with Crippen LogP contribution in [0, 0.1) is 17.2 Å². The van der Waals surface area contributed by atoms with Gasteiger partial charge in [0.2, 0.25) is 5.91 Å². The van der Waals surface area contributed by atoms with Crippen LogP contribution in [0.4, 0.5) is 4.39 Å². The largest absolute Gasteiger partial charge is 0.346 e. The number of amides is 1. The summed E-state index contributed by atoms with van der Waals surface area (Å²) in [5.74, 6) is 0.0733. The topological polar surface area (TPSA) is 41.1 Å². The van der Waals surface area contributed by atoms with Crippen molar-refractivity contribution in [3.05, 3.63) is 35.6 Å². The van der Waals surface area contributed by atoms with E-state index < -0.39 is 5.54 Å². The fraction of sp³-hybridized carbons (Fsp3) is 0.588. The molecule has 2 aliphatic carbocycles. The number of hydrogen-bond donors (Lipinski definition) is 2. The van der Waals surface area contributed by atoms with Gasteiger partial charge in [0.25, 0.3) is 0 Å². The Balaban J connectivity index is 0.00000144. The number of benzene rings is 1. The van der Waals surface area contributed by atoms with E-state index in [1.807, 2.05) is 6.07 Å². The van der Waals surface area contributed by atoms with E-state index >= 15 is 0 Å². The average Bonchev–Trinajstić information content (AvgIpc) is 3.39. The molecule has 120 valence electrons. The summed E-state index contributed by atoms with van der Waals surface area (Å²) in [6.45, 7) is 2.03. The van der Waals surface area contributed by atoms with E-state index in [1.54, 1.807) is 12.1 Å². The third-order valence-electron chi connectivity index (χ3n) is 5.61. The Morgan fingerprint density at radius 3 is 2.50 bits per heavy atom. The second-order valence-corrected chi connectivity index (χ2v) is 6.92. The molecule has 0 radical (unpaired) electrons. The fourth-order valence-corrected chi connectivity index (χ4v) is 3.95. The Hall–Kier alpha value is -1.13. The van der Waals surface area contributed by atoms with Gasteiger partial charge in [-0.15, -0.1) is 12.4 Å². The zero-order chi connectivity index (χ0) is 14.5. The lowest BCUT2D eigenvalue weighted by molar-refractivity contribution is -0.124. The molecule has 4 rings (SSSR count). The van der Waals surface area contributed by atoms with Gasteiger partial charge < -0.3 is 10.6 Å². The molecule has 3 nitrogen and oxygen atoms in total. The number of nitrogens with one attached hydrogen (secondary N) is 2. The monoisotopic (exact) mass is 324 g/mol. The van der Waals surface area contributed by atoms with Crippen molar-refractivity contribution in [1.29, 1.82) is 0 Å². The van der Waals surface area contributed by atoms with Crippen LogP contribution in [0.25, 0.3) is 0 Å². The maximum absolute atomic E-state index is 14.0. The summed E-state index contributed by atoms with van der Waals surface area (Å²) in [4.78, 5) is 12.6. The Bertz CT molecular complexity index is 582. The normalized spacial score (nSPS) is 26.9. The molecule has 3 fully saturated rings. The molecule has 0 aromatic heterocycles. The number of piperidine rings is 1. The molecule has 0 bridgehead atoms. The van der Waals surface area contributed by atoms with Crippen LogP contribution in [-0.2, 0) is 10.3 Å². The van der Waals surface area contributed by atoms with Crippen molar-refractivity contribution < 1.29 is 9.18 Å². The highest BCUT2D eigenvalue weighted by Crippen LogP contribution is 2.59. The lowest BCUT2D eigenvalue weighted by Gasteiger charge is -2.24. The number of hydrogen-bond acceptors (Lipinski definition) is 2. The van der Waals surface area contributed by atoms with Crippen LogP contribution in [0.15, 0.2) is 24.3 Å². The number of rotatable bonds is 3. The van der Waals surface area contributed by atoms with Gasteiger partial charge in [0.05, 0.1) is 5.54 Å². The van der Waals surface area contributed by atoms with Crippen LogP contribution in [0.1, 0.15) is 37.7 Å². The summed E-state index contributed by atoms with van der Waals surface area (Å²) < 4.78 is 14.0. The quantitative estimate of drug-likeness (QED) is 0.897. The zero-order valence-electron chi connectivity index (χ0n) is 12.5. The van der Waals surface area contributed by atoms with Crippen LogP contribution in [0.3, 0.4) is 0 Å². The number of carbonyl (C=O) groups is 1. The first-order chi connectivity index (χ1) is 10.2. The van der Waals surface area contributed by atoms with Gasteiger partial charge in [-0.2, -0.15) is 0 Å². The van der Waals surface area contributed by atoms with Gasteiger partial charge in [0, 0.05) is 11.5 Å². The van der Waals surface area contributed by atoms with Gasteiger partial charge in [-0.3, -0.25) is 4.79 Å². The Kier molecular flexibility index (Phi) is 3.94. The van der Waals surface area contributed by atoms with Gasteiger partial charge in [0.15, 0.2) is 0 Å². The SMILES string of the molecule is Cl.O=C(NC1(c2ccccc2F)CC1)C1CC12CCNCC2. The molecular weight excluding hydrogens is 303 g/mol. The van der Waals surface area contributed by atoms with Gasteiger partial charge in [-0.05, 0) is 56.7 Å². The minimum atomic E-state index is -0.431. The van der Waals surface area contributed by atoms with Crippen molar-refractivity contribution in [1.82, 2.24) is 10.6 Å². The number of carbonyl (C=O) groups excluding carboxylic acids is 1. The van der Waals surface area contributed by atoms with Crippen molar-refractivity contribution in [2.75, 3.05) is 13.1 Å². The van der Waals surface area contributed by atoms with Crippen molar-refractivity contribution in [3.8, 4) is 0 Å². The minimum Gasteiger partial charge on any atom is -0.346 e. The summed E-state index contributed by atoms with van der Waals surface area (Å²) in [5.41, 5.74) is 0.457. The predicted octanol–water partition coefficient (Wildman–Crippen LogP) is 2.74. The molecule has 1 heterocycles. The molecule has 2 saturated carbocycles. The third-order valence-corrected chi connectivity index (χ3v) is 5.61. The van der Waals surface area contributed by atoms with E-state index in [-0.39, 0.29) is 35.5 Å². The van der Waals surface area contributed by atoms with E-state index in [0.717, 1.165) is 45.2 Å². The highest BCUT2D eigenvalue weighted by atomic mass is 35.5. The molecule has 1 unspecified atom stereocenters. The van der Waals surface area contributed by atoms with Crippen molar-refractivity contribution in [2.45, 2.75) is 37.6 Å². The van der Waals surface area contributed by atoms with Crippen molar-refractivity contribution >= 4 is 18.3 Å². The first-order valence-electron chi connectivity index (χ1n) is 7.93. The van der Waals surface area contributed by atoms with Gasteiger partial charge in [-0.25, -0.2) is 4.39 Å². The molecule has 1 atom stereocenters. The molecule has 1 aromatic rings. The molecule has 3 aliphatic rings. The van der Waals surface area contributed by atoms with Gasteiger partial charge in [-0.1, -0.05) is 18.2 Å². The van der Waals surface area contributed by atoms with Crippen LogP contribution in [0.2, 0.25) is 0 Å². The number of halogens is 2. The summed E-state index contributed by atoms with van der Waals surface area (Å²) in [6, 6.07) is 6.82. The van der Waals surface area contributed by atoms with E-state index in [9.17, 15) is 9.18 Å². The third kappa shape index (κ3) is 2.52. The van der Waals surface area contributed by atoms with Crippen molar-refractivity contribution in [3.63, 3.8) is 0 Å². The van der Waals surface area contributed by atoms with E-state index in [0.29, 0.717) is 5.56 Å². The molecule has 1 amide bonds. The molecule has 22 heavy (non-hydrogen) atoms. The van der Waals surface area contributed by atoms with Crippen molar-refractivity contribution in [2.24, 2.45) is 11.3 Å². The van der Waals surface area contributed by atoms with E-state index in [2.05, 4.69) is 10.6 Å². The van der Waals surface area contributed by atoms with Crippen LogP contribution >= 0.6 is 12.4 Å².